The number of halogens is 2. The van der Waals surface area contributed by atoms with Gasteiger partial charge in [0.05, 0.1) is 12.1 Å². The molecule has 4 heteroatoms. The molecule has 0 aliphatic rings. The number of nitrogens with two attached hydrogens (primary N) is 1. The molecule has 0 heterocycles. The maximum absolute atomic E-state index is 13.3. The highest BCUT2D eigenvalue weighted by molar-refractivity contribution is 14.1. The second kappa shape index (κ2) is 4.34. The lowest BCUT2D eigenvalue weighted by Crippen LogP contribution is -2.24. The molecule has 72 valence electrons. The Labute approximate surface area is 90.1 Å². The summed E-state index contributed by atoms with van der Waals surface area (Å²) in [6, 6.07) is 4.12. The Bertz CT molecular complexity index is 304. The topological polar surface area (TPSA) is 46.2 Å². The van der Waals surface area contributed by atoms with E-state index in [9.17, 15) is 9.50 Å². The van der Waals surface area contributed by atoms with Crippen LogP contribution < -0.4 is 5.73 Å². The average molecular weight is 295 g/mol. The van der Waals surface area contributed by atoms with Gasteiger partial charge in [-0.2, -0.15) is 0 Å². The second-order valence-electron chi connectivity index (χ2n) is 2.93. The van der Waals surface area contributed by atoms with E-state index in [1.165, 1.54) is 6.07 Å². The van der Waals surface area contributed by atoms with Gasteiger partial charge in [-0.05, 0) is 41.6 Å². The Kier molecular flexibility index (Phi) is 3.63. The number of hydrogen-bond acceptors (Lipinski definition) is 2. The first-order valence-corrected chi connectivity index (χ1v) is 4.99. The quantitative estimate of drug-likeness (QED) is 0.817. The molecule has 0 saturated heterocycles. The Hall–Kier alpha value is -0.200. The summed E-state index contributed by atoms with van der Waals surface area (Å²) in [5.41, 5.74) is 5.95. The highest BCUT2D eigenvalue weighted by Crippen LogP contribution is 2.19. The van der Waals surface area contributed by atoms with Crippen LogP contribution >= 0.6 is 22.6 Å². The Balaban J connectivity index is 3.01. The van der Waals surface area contributed by atoms with Gasteiger partial charge < -0.3 is 10.8 Å². The van der Waals surface area contributed by atoms with Gasteiger partial charge in [0.2, 0.25) is 0 Å². The molecule has 1 aromatic carbocycles. The molecule has 0 aliphatic heterocycles. The number of aliphatic hydroxyl groups excluding tert-OH is 1. The Morgan fingerprint density at radius 2 is 2.15 bits per heavy atom. The lowest BCUT2D eigenvalue weighted by Gasteiger charge is -2.15. The highest BCUT2D eigenvalue weighted by Gasteiger charge is 2.15. The van der Waals surface area contributed by atoms with E-state index in [4.69, 9.17) is 5.73 Å². The zero-order valence-corrected chi connectivity index (χ0v) is 9.32. The maximum atomic E-state index is 13.3. The SMILES string of the molecule is CC(O)[C@@H](N)c1ccc(I)cc1F. The molecule has 2 nitrogen and oxygen atoms in total. The molecule has 13 heavy (non-hydrogen) atoms. The number of hydrogen-bond donors (Lipinski definition) is 2. The summed E-state index contributed by atoms with van der Waals surface area (Å²) in [4.78, 5) is 0. The van der Waals surface area contributed by atoms with Crippen LogP contribution in [0.15, 0.2) is 18.2 Å². The summed E-state index contributed by atoms with van der Waals surface area (Å²) in [6.07, 6.45) is -0.741. The van der Waals surface area contributed by atoms with E-state index in [1.807, 2.05) is 22.6 Å². The van der Waals surface area contributed by atoms with Gasteiger partial charge in [-0.25, -0.2) is 4.39 Å². The minimum Gasteiger partial charge on any atom is -0.391 e. The van der Waals surface area contributed by atoms with Gasteiger partial charge in [0.1, 0.15) is 5.82 Å². The van der Waals surface area contributed by atoms with Crippen molar-refractivity contribution in [1.82, 2.24) is 0 Å². The van der Waals surface area contributed by atoms with E-state index < -0.39 is 12.1 Å². The fourth-order valence-corrected chi connectivity index (χ4v) is 1.48. The van der Waals surface area contributed by atoms with Crippen molar-refractivity contribution in [3.05, 3.63) is 33.1 Å². The molecule has 1 rings (SSSR count). The highest BCUT2D eigenvalue weighted by atomic mass is 127. The Morgan fingerprint density at radius 1 is 1.54 bits per heavy atom. The van der Waals surface area contributed by atoms with Crippen LogP contribution in [0.2, 0.25) is 0 Å². The molecule has 0 fully saturated rings. The van der Waals surface area contributed by atoms with Crippen molar-refractivity contribution in [2.24, 2.45) is 5.73 Å². The Morgan fingerprint density at radius 3 is 2.62 bits per heavy atom. The molecule has 0 spiro atoms. The van der Waals surface area contributed by atoms with Gasteiger partial charge in [0.15, 0.2) is 0 Å². The third-order valence-corrected chi connectivity index (χ3v) is 2.51. The van der Waals surface area contributed by atoms with E-state index >= 15 is 0 Å². The fraction of sp³-hybridized carbons (Fsp3) is 0.333. The third kappa shape index (κ3) is 2.62. The minimum atomic E-state index is -0.741. The first-order chi connectivity index (χ1) is 6.02. The standard InChI is InChI=1S/C9H11FINO/c1-5(13)9(12)7-3-2-6(11)4-8(7)10/h2-5,9,13H,12H2,1H3/t5?,9-/m1/s1. The van der Waals surface area contributed by atoms with E-state index in [-0.39, 0.29) is 5.82 Å². The molecular weight excluding hydrogens is 284 g/mol. The first kappa shape index (κ1) is 10.9. The normalized spacial score (nSPS) is 15.5. The molecule has 0 bridgehead atoms. The molecular formula is C9H11FINO. The van der Waals surface area contributed by atoms with Crippen LogP contribution in [-0.4, -0.2) is 11.2 Å². The minimum absolute atomic E-state index is 0.357. The van der Waals surface area contributed by atoms with Crippen molar-refractivity contribution in [2.45, 2.75) is 19.1 Å². The van der Waals surface area contributed by atoms with E-state index in [0.717, 1.165) is 3.57 Å². The van der Waals surface area contributed by atoms with Crippen molar-refractivity contribution < 1.29 is 9.50 Å². The van der Waals surface area contributed by atoms with Gasteiger partial charge in [0, 0.05) is 9.13 Å². The lowest BCUT2D eigenvalue weighted by atomic mass is 10.0. The van der Waals surface area contributed by atoms with Crippen molar-refractivity contribution in [3.63, 3.8) is 0 Å². The number of aliphatic hydroxyl groups is 1. The van der Waals surface area contributed by atoms with Crippen LogP contribution in [0.3, 0.4) is 0 Å². The van der Waals surface area contributed by atoms with Crippen LogP contribution in [0.5, 0.6) is 0 Å². The van der Waals surface area contributed by atoms with Crippen LogP contribution in [0.25, 0.3) is 0 Å². The van der Waals surface area contributed by atoms with Crippen LogP contribution in [-0.2, 0) is 0 Å². The van der Waals surface area contributed by atoms with Gasteiger partial charge >= 0.3 is 0 Å². The smallest absolute Gasteiger partial charge is 0.129 e. The van der Waals surface area contributed by atoms with Crippen molar-refractivity contribution in [3.8, 4) is 0 Å². The number of rotatable bonds is 2. The molecule has 0 amide bonds. The van der Waals surface area contributed by atoms with E-state index in [1.54, 1.807) is 19.1 Å². The second-order valence-corrected chi connectivity index (χ2v) is 4.18. The molecule has 2 atom stereocenters. The van der Waals surface area contributed by atoms with Crippen LogP contribution in [0, 0.1) is 9.39 Å². The molecule has 1 unspecified atom stereocenters. The summed E-state index contributed by atoms with van der Waals surface area (Å²) >= 11 is 2.02. The lowest BCUT2D eigenvalue weighted by molar-refractivity contribution is 0.162. The average Bonchev–Trinajstić information content (AvgIpc) is 2.03. The van der Waals surface area contributed by atoms with Crippen molar-refractivity contribution in [2.75, 3.05) is 0 Å². The molecule has 0 aliphatic carbocycles. The van der Waals surface area contributed by atoms with Gasteiger partial charge in [-0.15, -0.1) is 0 Å². The first-order valence-electron chi connectivity index (χ1n) is 3.91. The van der Waals surface area contributed by atoms with E-state index in [0.29, 0.717) is 5.56 Å². The van der Waals surface area contributed by atoms with Crippen LogP contribution in [0.4, 0.5) is 4.39 Å². The predicted octanol–water partition coefficient (Wildman–Crippen LogP) is 1.81. The summed E-state index contributed by atoms with van der Waals surface area (Å²) < 4.78 is 14.1. The van der Waals surface area contributed by atoms with Crippen LogP contribution in [0.1, 0.15) is 18.5 Å². The zero-order chi connectivity index (χ0) is 10.0. The van der Waals surface area contributed by atoms with Crippen molar-refractivity contribution >= 4 is 22.6 Å². The van der Waals surface area contributed by atoms with E-state index in [2.05, 4.69) is 0 Å². The summed E-state index contributed by atoms with van der Waals surface area (Å²) in [7, 11) is 0. The summed E-state index contributed by atoms with van der Waals surface area (Å²) in [6.45, 7) is 1.54. The third-order valence-electron chi connectivity index (χ3n) is 1.84. The molecule has 0 aromatic heterocycles. The largest absolute Gasteiger partial charge is 0.391 e. The predicted molar refractivity (Wildman–Crippen MR) is 57.7 cm³/mol. The fourth-order valence-electron chi connectivity index (χ4n) is 1.03. The molecule has 1 aromatic rings. The summed E-state index contributed by atoms with van der Waals surface area (Å²) in [5.74, 6) is -0.361. The molecule has 3 N–H and O–H groups in total. The molecule has 0 saturated carbocycles. The zero-order valence-electron chi connectivity index (χ0n) is 7.17. The number of benzene rings is 1. The molecule has 0 radical (unpaired) electrons. The monoisotopic (exact) mass is 295 g/mol. The van der Waals surface area contributed by atoms with Gasteiger partial charge in [-0.3, -0.25) is 0 Å². The van der Waals surface area contributed by atoms with Gasteiger partial charge in [0.25, 0.3) is 0 Å². The van der Waals surface area contributed by atoms with Crippen molar-refractivity contribution in [1.29, 1.82) is 0 Å². The maximum Gasteiger partial charge on any atom is 0.129 e. The van der Waals surface area contributed by atoms with Gasteiger partial charge in [-0.1, -0.05) is 6.07 Å². The summed E-state index contributed by atoms with van der Waals surface area (Å²) in [5, 5.41) is 9.17.